The number of ether oxygens (including phenoxy) is 1. The van der Waals surface area contributed by atoms with Gasteiger partial charge in [0.1, 0.15) is 11.3 Å². The molecular weight excluding hydrogens is 376 g/mol. The number of rotatable bonds is 6. The van der Waals surface area contributed by atoms with Crippen LogP contribution in [0.3, 0.4) is 0 Å². The van der Waals surface area contributed by atoms with E-state index in [0.717, 1.165) is 35.6 Å². The molecule has 5 nitrogen and oxygen atoms in total. The van der Waals surface area contributed by atoms with Gasteiger partial charge in [-0.1, -0.05) is 18.1 Å². The molecule has 1 aliphatic rings. The fourth-order valence-corrected chi connectivity index (χ4v) is 3.75. The van der Waals surface area contributed by atoms with Gasteiger partial charge in [-0.25, -0.2) is 4.79 Å². The van der Waals surface area contributed by atoms with Crippen molar-refractivity contribution in [1.82, 2.24) is 0 Å². The minimum absolute atomic E-state index is 0.376. The van der Waals surface area contributed by atoms with Gasteiger partial charge in [-0.05, 0) is 56.3 Å². The van der Waals surface area contributed by atoms with Gasteiger partial charge < -0.3 is 19.0 Å². The Hall–Kier alpha value is -3.65. The predicted molar refractivity (Wildman–Crippen MR) is 122 cm³/mol. The molecule has 0 bridgehead atoms. The maximum absolute atomic E-state index is 12.6. The van der Waals surface area contributed by atoms with E-state index in [2.05, 4.69) is 24.7 Å². The highest BCUT2D eigenvalue weighted by Gasteiger charge is 2.27. The van der Waals surface area contributed by atoms with E-state index in [1.807, 2.05) is 59.5 Å². The Morgan fingerprint density at radius 1 is 1.17 bits per heavy atom. The van der Waals surface area contributed by atoms with Gasteiger partial charge in [0, 0.05) is 30.2 Å². The predicted octanol–water partition coefficient (Wildman–Crippen LogP) is 4.51. The highest BCUT2D eigenvalue weighted by Crippen LogP contribution is 2.37. The molecule has 5 heteroatoms. The van der Waals surface area contributed by atoms with Crippen LogP contribution in [0.25, 0.3) is 17.0 Å². The summed E-state index contributed by atoms with van der Waals surface area (Å²) in [6.45, 7) is 6.40. The first-order valence-electron chi connectivity index (χ1n) is 10.1. The van der Waals surface area contributed by atoms with E-state index >= 15 is 0 Å². The molecule has 0 N–H and O–H groups in total. The van der Waals surface area contributed by atoms with Crippen molar-refractivity contribution in [1.29, 1.82) is 0 Å². The molecule has 2 heterocycles. The van der Waals surface area contributed by atoms with Crippen LogP contribution in [0.2, 0.25) is 0 Å². The first-order valence-corrected chi connectivity index (χ1v) is 10.1. The van der Waals surface area contributed by atoms with E-state index < -0.39 is 0 Å². The molecule has 1 aliphatic heterocycles. The number of fused-ring (bicyclic) bond motifs is 2. The standard InChI is InChI=1S/C25H24N2O3/c1-4-15-27-21-9-7-8-10-22(21)29-24(27)14-12-19-16-18-11-13-20(26(5-2)6-3)17-23(18)30-25(19)28/h1,7-14,16-17,24H,5-6,15H2,2-3H3. The molecular formula is C25H24N2O3. The molecule has 0 spiro atoms. The molecule has 0 aliphatic carbocycles. The molecule has 30 heavy (non-hydrogen) atoms. The largest absolute Gasteiger partial charge is 0.465 e. The summed E-state index contributed by atoms with van der Waals surface area (Å²) in [5.74, 6) is 3.44. The Balaban J connectivity index is 1.63. The molecule has 1 unspecified atom stereocenters. The fourth-order valence-electron chi connectivity index (χ4n) is 3.75. The van der Waals surface area contributed by atoms with Crippen molar-refractivity contribution >= 4 is 28.4 Å². The highest BCUT2D eigenvalue weighted by molar-refractivity contribution is 5.82. The molecule has 0 saturated heterocycles. The lowest BCUT2D eigenvalue weighted by atomic mass is 10.1. The summed E-state index contributed by atoms with van der Waals surface area (Å²) in [6, 6.07) is 15.5. The maximum Gasteiger partial charge on any atom is 0.343 e. The maximum atomic E-state index is 12.6. The summed E-state index contributed by atoms with van der Waals surface area (Å²) in [4.78, 5) is 16.8. The zero-order valence-corrected chi connectivity index (χ0v) is 17.2. The first kappa shape index (κ1) is 19.7. The van der Waals surface area contributed by atoms with Crippen molar-refractivity contribution in [2.75, 3.05) is 29.4 Å². The topological polar surface area (TPSA) is 45.9 Å². The average molecular weight is 400 g/mol. The van der Waals surface area contributed by atoms with Crippen molar-refractivity contribution in [3.05, 3.63) is 70.6 Å². The number of hydrogen-bond acceptors (Lipinski definition) is 5. The zero-order chi connectivity index (χ0) is 21.1. The first-order chi connectivity index (χ1) is 14.6. The quantitative estimate of drug-likeness (QED) is 0.450. The number of nitrogens with zero attached hydrogens (tertiary/aromatic N) is 2. The Kier molecular flexibility index (Phi) is 5.49. The molecule has 152 valence electrons. The van der Waals surface area contributed by atoms with Crippen LogP contribution in [-0.2, 0) is 0 Å². The lowest BCUT2D eigenvalue weighted by Crippen LogP contribution is -2.33. The Labute approximate surface area is 176 Å². The monoisotopic (exact) mass is 400 g/mol. The molecule has 4 rings (SSSR count). The van der Waals surface area contributed by atoms with Crippen LogP contribution in [0.4, 0.5) is 11.4 Å². The lowest BCUT2D eigenvalue weighted by molar-refractivity contribution is 0.278. The average Bonchev–Trinajstić information content (AvgIpc) is 3.11. The van der Waals surface area contributed by atoms with E-state index in [0.29, 0.717) is 17.7 Å². The second-order valence-corrected chi connectivity index (χ2v) is 7.05. The smallest absolute Gasteiger partial charge is 0.343 e. The van der Waals surface area contributed by atoms with E-state index in [4.69, 9.17) is 15.6 Å². The molecule has 1 aromatic heterocycles. The van der Waals surface area contributed by atoms with E-state index in [-0.39, 0.29) is 11.9 Å². The summed E-state index contributed by atoms with van der Waals surface area (Å²) < 4.78 is 11.6. The van der Waals surface area contributed by atoms with Crippen LogP contribution in [0, 0.1) is 12.3 Å². The van der Waals surface area contributed by atoms with E-state index in [1.54, 1.807) is 6.08 Å². The molecule has 0 radical (unpaired) electrons. The van der Waals surface area contributed by atoms with Crippen LogP contribution in [0.5, 0.6) is 5.75 Å². The zero-order valence-electron chi connectivity index (χ0n) is 17.2. The molecule has 1 atom stereocenters. The van der Waals surface area contributed by atoms with Crippen molar-refractivity contribution in [3.8, 4) is 18.1 Å². The lowest BCUT2D eigenvalue weighted by Gasteiger charge is -2.21. The van der Waals surface area contributed by atoms with Gasteiger partial charge in [-0.3, -0.25) is 0 Å². The van der Waals surface area contributed by atoms with Gasteiger partial charge in [0.2, 0.25) is 0 Å². The van der Waals surface area contributed by atoms with Crippen molar-refractivity contribution in [3.63, 3.8) is 0 Å². The third kappa shape index (κ3) is 3.65. The minimum Gasteiger partial charge on any atom is -0.465 e. The van der Waals surface area contributed by atoms with Crippen LogP contribution in [0.15, 0.2) is 63.8 Å². The number of para-hydroxylation sites is 2. The Morgan fingerprint density at radius 2 is 1.97 bits per heavy atom. The molecule has 0 amide bonds. The molecule has 0 fully saturated rings. The van der Waals surface area contributed by atoms with Gasteiger partial charge in [-0.15, -0.1) is 6.42 Å². The Bertz CT molecular complexity index is 1180. The number of benzene rings is 2. The summed E-state index contributed by atoms with van der Waals surface area (Å²) in [5.41, 5.74) is 2.66. The molecule has 3 aromatic rings. The second kappa shape index (κ2) is 8.38. The van der Waals surface area contributed by atoms with Crippen LogP contribution >= 0.6 is 0 Å². The van der Waals surface area contributed by atoms with Crippen molar-refractivity contribution in [2.24, 2.45) is 0 Å². The minimum atomic E-state index is -0.380. The summed E-state index contributed by atoms with van der Waals surface area (Å²) in [5, 5.41) is 0.876. The van der Waals surface area contributed by atoms with Crippen LogP contribution in [-0.4, -0.2) is 25.9 Å². The van der Waals surface area contributed by atoms with E-state index in [1.165, 1.54) is 0 Å². The summed E-state index contributed by atoms with van der Waals surface area (Å²) in [6.07, 6.45) is 8.73. The van der Waals surface area contributed by atoms with Gasteiger partial charge in [0.15, 0.2) is 6.23 Å². The fraction of sp³-hybridized carbons (Fsp3) is 0.240. The SMILES string of the molecule is C#CCN1c2ccccc2OC1C=Cc1cc2ccc(N(CC)CC)cc2oc1=O. The Morgan fingerprint density at radius 3 is 2.73 bits per heavy atom. The number of terminal acetylenes is 1. The van der Waals surface area contributed by atoms with Crippen LogP contribution in [0.1, 0.15) is 19.4 Å². The van der Waals surface area contributed by atoms with Gasteiger partial charge in [0.25, 0.3) is 0 Å². The van der Waals surface area contributed by atoms with Crippen molar-refractivity contribution in [2.45, 2.75) is 20.1 Å². The molecule has 0 saturated carbocycles. The van der Waals surface area contributed by atoms with Gasteiger partial charge >= 0.3 is 5.63 Å². The van der Waals surface area contributed by atoms with E-state index in [9.17, 15) is 4.79 Å². The number of anilines is 2. The van der Waals surface area contributed by atoms with Gasteiger partial charge in [0.05, 0.1) is 17.8 Å². The number of hydrogen-bond donors (Lipinski definition) is 0. The third-order valence-corrected chi connectivity index (χ3v) is 5.31. The van der Waals surface area contributed by atoms with Crippen molar-refractivity contribution < 1.29 is 9.15 Å². The highest BCUT2D eigenvalue weighted by atomic mass is 16.5. The second-order valence-electron chi connectivity index (χ2n) is 7.05. The third-order valence-electron chi connectivity index (χ3n) is 5.31. The van der Waals surface area contributed by atoms with Crippen LogP contribution < -0.4 is 20.2 Å². The van der Waals surface area contributed by atoms with Gasteiger partial charge in [-0.2, -0.15) is 0 Å². The molecule has 2 aromatic carbocycles. The normalized spacial score (nSPS) is 15.2. The summed E-state index contributed by atoms with van der Waals surface area (Å²) in [7, 11) is 0. The summed E-state index contributed by atoms with van der Waals surface area (Å²) >= 11 is 0.